The molecule has 5 rings (SSSR count). The van der Waals surface area contributed by atoms with Crippen LogP contribution in [-0.2, 0) is 0 Å². The van der Waals surface area contributed by atoms with Gasteiger partial charge in [0.1, 0.15) is 34.9 Å². The number of aliphatic hydroxyl groups excluding tert-OH is 1. The van der Waals surface area contributed by atoms with E-state index in [1.165, 1.54) is 6.33 Å². The molecule has 1 aliphatic carbocycles. The highest BCUT2D eigenvalue weighted by atomic mass is 19.1. The van der Waals surface area contributed by atoms with Gasteiger partial charge in [0, 0.05) is 37.4 Å². The van der Waals surface area contributed by atoms with Gasteiger partial charge in [-0.15, -0.1) is 0 Å². The minimum atomic E-state index is -1.49. The van der Waals surface area contributed by atoms with Crippen molar-refractivity contribution in [1.82, 2.24) is 20.2 Å². The van der Waals surface area contributed by atoms with Crippen molar-refractivity contribution in [2.45, 2.75) is 43.9 Å². The summed E-state index contributed by atoms with van der Waals surface area (Å²) in [6.07, 6.45) is 4.23. The van der Waals surface area contributed by atoms with Crippen molar-refractivity contribution in [3.63, 3.8) is 0 Å². The highest BCUT2D eigenvalue weighted by Gasteiger charge is 2.40. The number of H-pyrrole nitrogens is 1. The van der Waals surface area contributed by atoms with Gasteiger partial charge in [-0.2, -0.15) is 5.10 Å². The molecule has 3 aromatic rings. The van der Waals surface area contributed by atoms with Crippen LogP contribution < -0.4 is 9.64 Å². The van der Waals surface area contributed by atoms with E-state index in [4.69, 9.17) is 4.74 Å². The summed E-state index contributed by atoms with van der Waals surface area (Å²) in [5, 5.41) is 17.7. The summed E-state index contributed by atoms with van der Waals surface area (Å²) < 4.78 is 20.4. The first-order chi connectivity index (χ1) is 14.0. The van der Waals surface area contributed by atoms with Crippen LogP contribution in [0.2, 0.25) is 0 Å². The first-order valence-corrected chi connectivity index (χ1v) is 10.0. The van der Waals surface area contributed by atoms with Gasteiger partial charge in [-0.1, -0.05) is 0 Å². The molecule has 2 N–H and O–H groups in total. The van der Waals surface area contributed by atoms with Gasteiger partial charge in [0.05, 0.1) is 17.8 Å². The molecule has 0 bridgehead atoms. The maximum absolute atomic E-state index is 14.3. The molecule has 0 atom stereocenters. The summed E-state index contributed by atoms with van der Waals surface area (Å²) in [5.74, 6) is 1.57. The molecule has 1 aliphatic heterocycles. The van der Waals surface area contributed by atoms with Gasteiger partial charge in [0.25, 0.3) is 0 Å². The van der Waals surface area contributed by atoms with Crippen LogP contribution in [0.25, 0.3) is 22.3 Å². The first-order valence-electron chi connectivity index (χ1n) is 10.0. The highest BCUT2D eigenvalue weighted by Crippen LogP contribution is 2.40. The number of ether oxygens (including phenoxy) is 1. The van der Waals surface area contributed by atoms with Crippen molar-refractivity contribution in [1.29, 1.82) is 0 Å². The summed E-state index contributed by atoms with van der Waals surface area (Å²) in [7, 11) is 0. The van der Waals surface area contributed by atoms with Gasteiger partial charge < -0.3 is 14.7 Å². The Kier molecular flexibility index (Phi) is 4.20. The van der Waals surface area contributed by atoms with Gasteiger partial charge in [-0.3, -0.25) is 5.10 Å². The van der Waals surface area contributed by atoms with E-state index >= 15 is 0 Å². The topological polar surface area (TPSA) is 87.2 Å². The molecule has 1 saturated heterocycles. The van der Waals surface area contributed by atoms with Crippen LogP contribution in [-0.4, -0.2) is 56.2 Å². The fourth-order valence-electron chi connectivity index (χ4n) is 3.76. The number of nitrogens with one attached hydrogen (secondary N) is 1. The number of aromatic nitrogens is 4. The van der Waals surface area contributed by atoms with Crippen molar-refractivity contribution in [3.8, 4) is 17.1 Å². The van der Waals surface area contributed by atoms with E-state index in [2.05, 4.69) is 27.1 Å². The number of fused-ring (bicyclic) bond motifs is 1. The quantitative estimate of drug-likeness (QED) is 0.687. The number of rotatable bonds is 5. The van der Waals surface area contributed by atoms with Crippen LogP contribution in [0.1, 0.15) is 32.6 Å². The Labute approximate surface area is 167 Å². The molecule has 7 nitrogen and oxygen atoms in total. The van der Waals surface area contributed by atoms with Crippen molar-refractivity contribution in [2.75, 3.05) is 24.6 Å². The molecule has 1 saturated carbocycles. The molecule has 29 heavy (non-hydrogen) atoms. The molecular formula is C21H24FN5O2. The molecular weight excluding hydrogens is 373 g/mol. The predicted octanol–water partition coefficient (Wildman–Crippen LogP) is 3.25. The van der Waals surface area contributed by atoms with Crippen LogP contribution in [0.15, 0.2) is 30.6 Å². The largest absolute Gasteiger partial charge is 0.488 e. The molecule has 2 fully saturated rings. The molecule has 0 radical (unpaired) electrons. The lowest BCUT2D eigenvalue weighted by Crippen LogP contribution is -2.44. The summed E-state index contributed by atoms with van der Waals surface area (Å²) in [4.78, 5) is 10.8. The second-order valence-electron chi connectivity index (χ2n) is 8.39. The fourth-order valence-corrected chi connectivity index (χ4v) is 3.76. The smallest absolute Gasteiger partial charge is 0.137 e. The molecule has 2 aliphatic rings. The minimum Gasteiger partial charge on any atom is -0.488 e. The summed E-state index contributed by atoms with van der Waals surface area (Å²) >= 11 is 0. The van der Waals surface area contributed by atoms with Gasteiger partial charge >= 0.3 is 0 Å². The van der Waals surface area contributed by atoms with Crippen molar-refractivity contribution >= 4 is 16.7 Å². The molecule has 8 heteroatoms. The second kappa shape index (κ2) is 6.66. The van der Waals surface area contributed by atoms with E-state index in [1.54, 1.807) is 0 Å². The number of aliphatic hydroxyl groups is 1. The Morgan fingerprint density at radius 1 is 1.17 bits per heavy atom. The number of hydrogen-bond acceptors (Lipinski definition) is 6. The predicted molar refractivity (Wildman–Crippen MR) is 108 cm³/mol. The summed E-state index contributed by atoms with van der Waals surface area (Å²) in [5.41, 5.74) is 0.821. The lowest BCUT2D eigenvalue weighted by molar-refractivity contribution is 0.0480. The molecule has 1 aromatic carbocycles. The monoisotopic (exact) mass is 397 g/mol. The zero-order chi connectivity index (χ0) is 20.1. The number of nitrogens with zero attached hydrogens (tertiary/aromatic N) is 4. The molecule has 0 spiro atoms. The Morgan fingerprint density at radius 3 is 2.69 bits per heavy atom. The third-order valence-corrected chi connectivity index (χ3v) is 6.01. The third-order valence-electron chi connectivity index (χ3n) is 6.01. The molecule has 3 heterocycles. The van der Waals surface area contributed by atoms with Crippen molar-refractivity contribution < 1.29 is 14.2 Å². The number of aromatic amines is 1. The number of hydrogen-bond donors (Lipinski definition) is 2. The van der Waals surface area contributed by atoms with Crippen LogP contribution in [0.4, 0.5) is 10.2 Å². The Hall–Kier alpha value is -2.74. The van der Waals surface area contributed by atoms with Gasteiger partial charge in [-0.25, -0.2) is 14.4 Å². The van der Waals surface area contributed by atoms with E-state index in [0.29, 0.717) is 18.8 Å². The third kappa shape index (κ3) is 3.53. The lowest BCUT2D eigenvalue weighted by atomic mass is 9.94. The van der Waals surface area contributed by atoms with Crippen LogP contribution in [0.5, 0.6) is 5.75 Å². The van der Waals surface area contributed by atoms with Crippen molar-refractivity contribution in [3.05, 3.63) is 30.6 Å². The molecule has 0 amide bonds. The van der Waals surface area contributed by atoms with Gasteiger partial charge in [0.15, 0.2) is 0 Å². The average Bonchev–Trinajstić information content (AvgIpc) is 3.31. The van der Waals surface area contributed by atoms with E-state index < -0.39 is 12.3 Å². The second-order valence-corrected chi connectivity index (χ2v) is 8.39. The normalized spacial score (nSPS) is 20.0. The van der Waals surface area contributed by atoms with Crippen molar-refractivity contribution in [2.24, 2.45) is 0 Å². The number of anilines is 1. The highest BCUT2D eigenvalue weighted by molar-refractivity contribution is 5.93. The number of alkyl halides is 1. The Balaban J connectivity index is 1.43. The lowest BCUT2D eigenvalue weighted by Gasteiger charge is -2.35. The maximum Gasteiger partial charge on any atom is 0.137 e. The number of halogens is 1. The van der Waals surface area contributed by atoms with E-state index in [-0.39, 0.29) is 18.4 Å². The molecule has 152 valence electrons. The zero-order valence-electron chi connectivity index (χ0n) is 16.4. The van der Waals surface area contributed by atoms with E-state index in [0.717, 1.165) is 41.0 Å². The summed E-state index contributed by atoms with van der Waals surface area (Å²) in [6, 6.07) is 7.81. The molecule has 2 aromatic heterocycles. The fraction of sp³-hybridized carbons (Fsp3) is 0.476. The zero-order valence-corrected chi connectivity index (χ0v) is 16.4. The van der Waals surface area contributed by atoms with Gasteiger partial charge in [0.2, 0.25) is 0 Å². The minimum absolute atomic E-state index is 0.0475. The average molecular weight is 397 g/mol. The van der Waals surface area contributed by atoms with E-state index in [1.807, 2.05) is 29.2 Å². The van der Waals surface area contributed by atoms with Gasteiger partial charge in [-0.05, 0) is 38.0 Å². The van der Waals surface area contributed by atoms with E-state index in [9.17, 15) is 9.50 Å². The van der Waals surface area contributed by atoms with Crippen LogP contribution in [0, 0.1) is 0 Å². The number of benzene rings is 1. The van der Waals surface area contributed by atoms with Crippen LogP contribution in [0.3, 0.4) is 0 Å². The number of piperidine rings is 1. The molecule has 0 unspecified atom stereocenters. The Bertz CT molecular complexity index is 1040. The first kappa shape index (κ1) is 18.3. The summed E-state index contributed by atoms with van der Waals surface area (Å²) in [6.45, 7) is 2.70. The Morgan fingerprint density at radius 2 is 1.97 bits per heavy atom. The standard InChI is InChI=1S/C21H24FN5O2/c1-20(4-5-20)29-14-2-3-16-15(10-14)19(26-25-16)17-11-18(24-13-23-17)27-8-6-21(22,12-28)7-9-27/h2-3,10-11,13,28H,4-9,12H2,1H3,(H,25,26). The SMILES string of the molecule is CC1(Oc2ccc3[nH]nc(-c4cc(N5CCC(F)(CO)CC5)ncn4)c3c2)CC1. The maximum atomic E-state index is 14.3. The van der Waals surface area contributed by atoms with Crippen LogP contribution >= 0.6 is 0 Å².